The Labute approximate surface area is 104 Å². The van der Waals surface area contributed by atoms with E-state index in [1.54, 1.807) is 42.5 Å². The lowest BCUT2D eigenvalue weighted by Crippen LogP contribution is -2.14. The summed E-state index contributed by atoms with van der Waals surface area (Å²) in [6.07, 6.45) is 0. The Morgan fingerprint density at radius 1 is 1.22 bits per heavy atom. The van der Waals surface area contributed by atoms with Crippen molar-refractivity contribution in [2.45, 2.75) is 0 Å². The summed E-state index contributed by atoms with van der Waals surface area (Å²) in [5.74, 6) is -0.0468. The Bertz CT molecular complexity index is 614. The minimum Gasteiger partial charge on any atom is -0.384 e. The summed E-state index contributed by atoms with van der Waals surface area (Å²) < 4.78 is 0. The maximum Gasteiger partial charge on any atom is 0.274 e. The van der Waals surface area contributed by atoms with Crippen molar-refractivity contribution >= 4 is 17.4 Å². The average Bonchev–Trinajstić information content (AvgIpc) is 2.39. The normalized spacial score (nSPS) is 9.50. The molecule has 0 saturated carbocycles. The van der Waals surface area contributed by atoms with E-state index in [0.29, 0.717) is 17.1 Å². The monoisotopic (exact) mass is 238 g/mol. The van der Waals surface area contributed by atoms with Crippen LogP contribution in [0.5, 0.6) is 0 Å². The van der Waals surface area contributed by atoms with Crippen LogP contribution in [0.1, 0.15) is 16.1 Å². The number of rotatable bonds is 2. The minimum absolute atomic E-state index is 0.249. The smallest absolute Gasteiger partial charge is 0.274 e. The van der Waals surface area contributed by atoms with Gasteiger partial charge in [0.1, 0.15) is 11.5 Å². The summed E-state index contributed by atoms with van der Waals surface area (Å²) in [5, 5.41) is 11.3. The molecule has 0 saturated heterocycles. The van der Waals surface area contributed by atoms with Crippen molar-refractivity contribution in [3.63, 3.8) is 0 Å². The van der Waals surface area contributed by atoms with Crippen LogP contribution in [0.25, 0.3) is 0 Å². The van der Waals surface area contributed by atoms with Crippen LogP contribution < -0.4 is 11.1 Å². The molecular formula is C13H10N4O. The van der Waals surface area contributed by atoms with Crippen molar-refractivity contribution in [2.24, 2.45) is 0 Å². The molecule has 0 aliphatic heterocycles. The Morgan fingerprint density at radius 2 is 1.94 bits per heavy atom. The van der Waals surface area contributed by atoms with Crippen LogP contribution in [0, 0.1) is 11.3 Å². The molecular weight excluding hydrogens is 228 g/mol. The van der Waals surface area contributed by atoms with Gasteiger partial charge in [-0.3, -0.25) is 4.79 Å². The molecule has 2 rings (SSSR count). The molecule has 0 fully saturated rings. The lowest BCUT2D eigenvalue weighted by atomic mass is 10.2. The van der Waals surface area contributed by atoms with E-state index in [2.05, 4.69) is 10.3 Å². The van der Waals surface area contributed by atoms with Crippen LogP contribution >= 0.6 is 0 Å². The van der Waals surface area contributed by atoms with Gasteiger partial charge in [0.15, 0.2) is 0 Å². The van der Waals surface area contributed by atoms with Crippen molar-refractivity contribution in [1.82, 2.24) is 4.98 Å². The maximum atomic E-state index is 11.8. The van der Waals surface area contributed by atoms with Gasteiger partial charge in [-0.05, 0) is 36.4 Å². The van der Waals surface area contributed by atoms with Gasteiger partial charge in [0.25, 0.3) is 5.91 Å². The Morgan fingerprint density at radius 3 is 2.56 bits per heavy atom. The van der Waals surface area contributed by atoms with Gasteiger partial charge in [-0.1, -0.05) is 6.07 Å². The molecule has 1 amide bonds. The van der Waals surface area contributed by atoms with Gasteiger partial charge in [-0.2, -0.15) is 5.26 Å². The molecule has 0 aliphatic carbocycles. The molecule has 5 nitrogen and oxygen atoms in total. The Hall–Kier alpha value is -2.87. The highest BCUT2D eigenvalue weighted by atomic mass is 16.1. The largest absolute Gasteiger partial charge is 0.384 e. The molecule has 5 heteroatoms. The minimum atomic E-state index is -0.341. The zero-order chi connectivity index (χ0) is 13.0. The first-order chi connectivity index (χ1) is 8.69. The fourth-order valence-corrected chi connectivity index (χ4v) is 1.40. The number of benzene rings is 1. The topological polar surface area (TPSA) is 91.8 Å². The number of nitrogens with one attached hydrogen (secondary N) is 1. The summed E-state index contributed by atoms with van der Waals surface area (Å²) in [4.78, 5) is 15.7. The van der Waals surface area contributed by atoms with Crippen LogP contribution in [0.3, 0.4) is 0 Å². The number of carbonyl (C=O) groups excluding carboxylic acids is 1. The van der Waals surface area contributed by atoms with Crippen LogP contribution in [-0.2, 0) is 0 Å². The Kier molecular flexibility index (Phi) is 3.21. The van der Waals surface area contributed by atoms with Gasteiger partial charge < -0.3 is 11.1 Å². The number of hydrogen-bond donors (Lipinski definition) is 2. The van der Waals surface area contributed by atoms with E-state index in [9.17, 15) is 4.79 Å². The molecule has 0 spiro atoms. The number of amides is 1. The highest BCUT2D eigenvalue weighted by Crippen LogP contribution is 2.10. The molecule has 1 aromatic heterocycles. The van der Waals surface area contributed by atoms with Crippen molar-refractivity contribution in [1.29, 1.82) is 5.26 Å². The quantitative estimate of drug-likeness (QED) is 0.834. The highest BCUT2D eigenvalue weighted by molar-refractivity contribution is 6.03. The Balaban J connectivity index is 2.14. The van der Waals surface area contributed by atoms with Crippen molar-refractivity contribution in [3.05, 3.63) is 53.7 Å². The molecule has 1 aromatic carbocycles. The number of aromatic nitrogens is 1. The summed E-state index contributed by atoms with van der Waals surface area (Å²) in [6, 6.07) is 13.4. The summed E-state index contributed by atoms with van der Waals surface area (Å²) in [7, 11) is 0. The first kappa shape index (κ1) is 11.6. The zero-order valence-electron chi connectivity index (χ0n) is 9.42. The van der Waals surface area contributed by atoms with Crippen molar-refractivity contribution in [3.8, 4) is 6.07 Å². The molecule has 0 aliphatic rings. The summed E-state index contributed by atoms with van der Waals surface area (Å²) >= 11 is 0. The fraction of sp³-hybridized carbons (Fsp3) is 0. The molecule has 0 radical (unpaired) electrons. The number of nitrogens with two attached hydrogens (primary N) is 1. The van der Waals surface area contributed by atoms with Crippen LogP contribution in [-0.4, -0.2) is 10.9 Å². The van der Waals surface area contributed by atoms with Gasteiger partial charge in [0.2, 0.25) is 0 Å². The van der Waals surface area contributed by atoms with Gasteiger partial charge in [-0.25, -0.2) is 4.98 Å². The molecule has 0 bridgehead atoms. The van der Waals surface area contributed by atoms with E-state index in [0.717, 1.165) is 0 Å². The van der Waals surface area contributed by atoms with E-state index < -0.39 is 0 Å². The molecule has 18 heavy (non-hydrogen) atoms. The average molecular weight is 238 g/mol. The number of nitrogens with zero attached hydrogens (tertiary/aromatic N) is 2. The van der Waals surface area contributed by atoms with Crippen molar-refractivity contribution < 1.29 is 4.79 Å². The maximum absolute atomic E-state index is 11.8. The van der Waals surface area contributed by atoms with E-state index in [4.69, 9.17) is 11.0 Å². The van der Waals surface area contributed by atoms with Crippen LogP contribution in [0.4, 0.5) is 11.5 Å². The van der Waals surface area contributed by atoms with E-state index in [-0.39, 0.29) is 11.6 Å². The second-order valence-electron chi connectivity index (χ2n) is 3.59. The number of anilines is 2. The summed E-state index contributed by atoms with van der Waals surface area (Å²) in [5.41, 5.74) is 6.89. The summed E-state index contributed by atoms with van der Waals surface area (Å²) in [6.45, 7) is 0. The zero-order valence-corrected chi connectivity index (χ0v) is 9.42. The lowest BCUT2D eigenvalue weighted by Gasteiger charge is -2.04. The third-order valence-corrected chi connectivity index (χ3v) is 2.28. The van der Waals surface area contributed by atoms with Crippen LogP contribution in [0.2, 0.25) is 0 Å². The predicted octanol–water partition coefficient (Wildman–Crippen LogP) is 1.79. The molecule has 0 unspecified atom stereocenters. The predicted molar refractivity (Wildman–Crippen MR) is 67.8 cm³/mol. The molecule has 88 valence electrons. The van der Waals surface area contributed by atoms with Gasteiger partial charge in [0, 0.05) is 5.69 Å². The SMILES string of the molecule is N#Cc1ccc(NC(=O)c2cccc(N)n2)cc1. The van der Waals surface area contributed by atoms with Gasteiger partial charge >= 0.3 is 0 Å². The number of nitrogen functional groups attached to an aromatic ring is 1. The lowest BCUT2D eigenvalue weighted by molar-refractivity contribution is 0.102. The first-order valence-electron chi connectivity index (χ1n) is 5.23. The van der Waals surface area contributed by atoms with Crippen molar-refractivity contribution in [2.75, 3.05) is 11.1 Å². The molecule has 1 heterocycles. The second kappa shape index (κ2) is 4.97. The number of carbonyl (C=O) groups is 1. The third-order valence-electron chi connectivity index (χ3n) is 2.28. The van der Waals surface area contributed by atoms with Crippen LogP contribution in [0.15, 0.2) is 42.5 Å². The second-order valence-corrected chi connectivity index (χ2v) is 3.59. The molecule has 2 aromatic rings. The molecule has 3 N–H and O–H groups in total. The first-order valence-corrected chi connectivity index (χ1v) is 5.23. The molecule has 0 atom stereocenters. The highest BCUT2D eigenvalue weighted by Gasteiger charge is 2.07. The van der Waals surface area contributed by atoms with Gasteiger partial charge in [-0.15, -0.1) is 0 Å². The number of nitriles is 1. The van der Waals surface area contributed by atoms with Gasteiger partial charge in [0.05, 0.1) is 11.6 Å². The standard InChI is InChI=1S/C13H10N4O/c14-8-9-4-6-10(7-5-9)16-13(18)11-2-1-3-12(15)17-11/h1-7H,(H2,15,17)(H,16,18). The number of hydrogen-bond acceptors (Lipinski definition) is 4. The fourth-order valence-electron chi connectivity index (χ4n) is 1.40. The van der Waals surface area contributed by atoms with E-state index in [1.807, 2.05) is 6.07 Å². The third kappa shape index (κ3) is 2.62. The van der Waals surface area contributed by atoms with E-state index in [1.165, 1.54) is 0 Å². The van der Waals surface area contributed by atoms with E-state index >= 15 is 0 Å². The number of pyridine rings is 1.